The first-order valence-corrected chi connectivity index (χ1v) is 8.55. The summed E-state index contributed by atoms with van der Waals surface area (Å²) in [6.07, 6.45) is 7.47. The lowest BCUT2D eigenvalue weighted by Gasteiger charge is -2.35. The molecule has 0 spiro atoms. The van der Waals surface area contributed by atoms with Crippen molar-refractivity contribution in [1.29, 1.82) is 0 Å². The molecule has 4 rings (SSSR count). The van der Waals surface area contributed by atoms with Gasteiger partial charge in [0.2, 0.25) is 17.6 Å². The molecular weight excluding hydrogens is 336 g/mol. The first-order valence-electron chi connectivity index (χ1n) is 8.55. The maximum Gasteiger partial charge on any atom is 0.227 e. The largest absolute Gasteiger partial charge is 0.472 e. The maximum atomic E-state index is 12.8. The summed E-state index contributed by atoms with van der Waals surface area (Å²) in [5.74, 6) is 1.85. The van der Waals surface area contributed by atoms with Gasteiger partial charge in [-0.05, 0) is 6.07 Å². The van der Waals surface area contributed by atoms with Crippen LogP contribution in [0, 0.1) is 0 Å². The Morgan fingerprint density at radius 2 is 2.38 bits per heavy atom. The second-order valence-electron chi connectivity index (χ2n) is 6.23. The van der Waals surface area contributed by atoms with Crippen LogP contribution in [0.5, 0.6) is 0 Å². The van der Waals surface area contributed by atoms with Crippen molar-refractivity contribution in [3.63, 3.8) is 0 Å². The van der Waals surface area contributed by atoms with Crippen molar-refractivity contribution in [2.75, 3.05) is 19.6 Å². The molecule has 9 heteroatoms. The van der Waals surface area contributed by atoms with Gasteiger partial charge in [0.1, 0.15) is 18.1 Å². The molecule has 1 saturated heterocycles. The predicted octanol–water partition coefficient (Wildman–Crippen LogP) is 1.17. The van der Waals surface area contributed by atoms with E-state index in [0.717, 1.165) is 17.9 Å². The number of carbonyl (C=O) groups excluding carboxylic acids is 1. The van der Waals surface area contributed by atoms with Crippen LogP contribution in [0.25, 0.3) is 11.4 Å². The van der Waals surface area contributed by atoms with E-state index in [4.69, 9.17) is 8.94 Å². The molecule has 136 valence electrons. The lowest BCUT2D eigenvalue weighted by atomic mass is 10.1. The number of rotatable bonds is 5. The molecule has 0 bridgehead atoms. The van der Waals surface area contributed by atoms with Crippen molar-refractivity contribution in [3.8, 4) is 11.4 Å². The Hall–Kier alpha value is -2.94. The molecule has 4 heterocycles. The third-order valence-corrected chi connectivity index (χ3v) is 4.52. The van der Waals surface area contributed by atoms with E-state index in [1.54, 1.807) is 24.8 Å². The zero-order chi connectivity index (χ0) is 17.9. The number of piperazine rings is 1. The minimum Gasteiger partial charge on any atom is -0.472 e. The first kappa shape index (κ1) is 16.5. The molecule has 1 aliphatic heterocycles. The van der Waals surface area contributed by atoms with Gasteiger partial charge in [0.25, 0.3) is 0 Å². The topological polar surface area (TPSA) is 102 Å². The SMILES string of the molecule is Cn1ccnc1C1CNCCN1C(=O)CCc1nc(-c2ccoc2)no1. The maximum absolute atomic E-state index is 12.8. The molecule has 0 saturated carbocycles. The minimum absolute atomic E-state index is 0.0579. The van der Waals surface area contributed by atoms with Crippen molar-refractivity contribution in [3.05, 3.63) is 42.7 Å². The van der Waals surface area contributed by atoms with Crippen LogP contribution >= 0.6 is 0 Å². The number of furan rings is 1. The molecule has 1 unspecified atom stereocenters. The van der Waals surface area contributed by atoms with Crippen LogP contribution in [-0.4, -0.2) is 50.1 Å². The van der Waals surface area contributed by atoms with Gasteiger partial charge in [-0.25, -0.2) is 4.98 Å². The molecule has 1 aliphatic rings. The third-order valence-electron chi connectivity index (χ3n) is 4.52. The summed E-state index contributed by atoms with van der Waals surface area (Å²) in [4.78, 5) is 23.4. The molecule has 0 aromatic carbocycles. The number of aromatic nitrogens is 4. The third kappa shape index (κ3) is 3.25. The molecule has 1 amide bonds. The number of imidazole rings is 1. The highest BCUT2D eigenvalue weighted by Crippen LogP contribution is 2.22. The van der Waals surface area contributed by atoms with Gasteiger partial charge >= 0.3 is 0 Å². The van der Waals surface area contributed by atoms with Gasteiger partial charge in [0.15, 0.2) is 0 Å². The van der Waals surface area contributed by atoms with Gasteiger partial charge in [0.05, 0.1) is 11.8 Å². The second-order valence-corrected chi connectivity index (χ2v) is 6.23. The van der Waals surface area contributed by atoms with Gasteiger partial charge in [-0.15, -0.1) is 0 Å². The number of aryl methyl sites for hydroxylation is 2. The van der Waals surface area contributed by atoms with E-state index < -0.39 is 0 Å². The van der Waals surface area contributed by atoms with Gasteiger partial charge < -0.3 is 23.7 Å². The van der Waals surface area contributed by atoms with Crippen LogP contribution in [0.2, 0.25) is 0 Å². The smallest absolute Gasteiger partial charge is 0.227 e. The predicted molar refractivity (Wildman–Crippen MR) is 90.9 cm³/mol. The summed E-state index contributed by atoms with van der Waals surface area (Å²) >= 11 is 0. The lowest BCUT2D eigenvalue weighted by molar-refractivity contribution is -0.134. The van der Waals surface area contributed by atoms with Crippen molar-refractivity contribution in [2.45, 2.75) is 18.9 Å². The van der Waals surface area contributed by atoms with E-state index in [1.165, 1.54) is 0 Å². The Morgan fingerprint density at radius 1 is 1.46 bits per heavy atom. The molecule has 3 aromatic rings. The van der Waals surface area contributed by atoms with E-state index in [0.29, 0.717) is 37.6 Å². The van der Waals surface area contributed by atoms with Crippen LogP contribution in [0.3, 0.4) is 0 Å². The molecule has 26 heavy (non-hydrogen) atoms. The highest BCUT2D eigenvalue weighted by atomic mass is 16.5. The number of hydrogen-bond acceptors (Lipinski definition) is 7. The van der Waals surface area contributed by atoms with E-state index in [9.17, 15) is 4.79 Å². The van der Waals surface area contributed by atoms with Crippen LogP contribution in [0.1, 0.15) is 24.2 Å². The Balaban J connectivity index is 1.41. The number of amides is 1. The zero-order valence-corrected chi connectivity index (χ0v) is 14.5. The molecule has 9 nitrogen and oxygen atoms in total. The highest BCUT2D eigenvalue weighted by Gasteiger charge is 2.30. The van der Waals surface area contributed by atoms with Crippen LogP contribution in [0.15, 0.2) is 39.9 Å². The summed E-state index contributed by atoms with van der Waals surface area (Å²) in [5, 5.41) is 7.25. The average molecular weight is 356 g/mol. The lowest BCUT2D eigenvalue weighted by Crippen LogP contribution is -2.49. The van der Waals surface area contributed by atoms with Crippen molar-refractivity contribution in [2.24, 2.45) is 7.05 Å². The Bertz CT molecular complexity index is 869. The van der Waals surface area contributed by atoms with E-state index in [1.807, 2.05) is 22.7 Å². The normalized spacial score (nSPS) is 17.6. The van der Waals surface area contributed by atoms with Crippen molar-refractivity contribution >= 4 is 5.91 Å². The molecule has 0 aliphatic carbocycles. The molecular formula is C17H20N6O3. The van der Waals surface area contributed by atoms with E-state index in [2.05, 4.69) is 20.4 Å². The Morgan fingerprint density at radius 3 is 3.15 bits per heavy atom. The summed E-state index contributed by atoms with van der Waals surface area (Å²) in [5.41, 5.74) is 0.753. The quantitative estimate of drug-likeness (QED) is 0.732. The van der Waals surface area contributed by atoms with Gasteiger partial charge in [-0.1, -0.05) is 5.16 Å². The highest BCUT2D eigenvalue weighted by molar-refractivity contribution is 5.77. The fraction of sp³-hybridized carbons (Fsp3) is 0.412. The van der Waals surface area contributed by atoms with Crippen molar-refractivity contribution in [1.82, 2.24) is 29.9 Å². The number of hydrogen-bond donors (Lipinski definition) is 1. The van der Waals surface area contributed by atoms with Gasteiger partial charge in [0, 0.05) is 51.9 Å². The summed E-state index contributed by atoms with van der Waals surface area (Å²) in [6, 6.07) is 1.69. The molecule has 1 N–H and O–H groups in total. The Labute approximate surface area is 150 Å². The molecule has 1 atom stereocenters. The standard InChI is InChI=1S/C17H20N6O3/c1-22-7-6-19-17(22)13-10-18-5-8-23(13)15(24)3-2-14-20-16(21-26-14)12-4-9-25-11-12/h4,6-7,9,11,13,18H,2-3,5,8,10H2,1H3. The van der Waals surface area contributed by atoms with Gasteiger partial charge in [-0.3, -0.25) is 4.79 Å². The fourth-order valence-electron chi connectivity index (χ4n) is 3.15. The number of carbonyl (C=O) groups is 1. The Kier molecular flexibility index (Phi) is 4.53. The van der Waals surface area contributed by atoms with Crippen molar-refractivity contribution < 1.29 is 13.7 Å². The van der Waals surface area contributed by atoms with E-state index in [-0.39, 0.29) is 11.9 Å². The monoisotopic (exact) mass is 356 g/mol. The zero-order valence-electron chi connectivity index (χ0n) is 14.5. The van der Waals surface area contributed by atoms with E-state index >= 15 is 0 Å². The first-order chi connectivity index (χ1) is 12.7. The molecule has 1 fully saturated rings. The average Bonchev–Trinajstić information content (AvgIpc) is 3.41. The number of nitrogens with one attached hydrogen (secondary N) is 1. The fourth-order valence-corrected chi connectivity index (χ4v) is 3.15. The second kappa shape index (κ2) is 7.12. The molecule has 3 aromatic heterocycles. The van der Waals surface area contributed by atoms with Crippen LogP contribution < -0.4 is 5.32 Å². The number of nitrogens with zero attached hydrogens (tertiary/aromatic N) is 5. The van der Waals surface area contributed by atoms with Crippen LogP contribution in [-0.2, 0) is 18.3 Å². The van der Waals surface area contributed by atoms with Gasteiger partial charge in [-0.2, -0.15) is 4.98 Å². The summed E-state index contributed by atoms with van der Waals surface area (Å²) < 4.78 is 12.2. The summed E-state index contributed by atoms with van der Waals surface area (Å²) in [7, 11) is 1.94. The molecule has 0 radical (unpaired) electrons. The minimum atomic E-state index is -0.0690. The van der Waals surface area contributed by atoms with Crippen LogP contribution in [0.4, 0.5) is 0 Å². The summed E-state index contributed by atoms with van der Waals surface area (Å²) in [6.45, 7) is 2.13.